The van der Waals surface area contributed by atoms with Crippen LogP contribution in [0.3, 0.4) is 0 Å². The minimum Gasteiger partial charge on any atom is -0.393 e. The van der Waals surface area contributed by atoms with Crippen molar-refractivity contribution in [1.82, 2.24) is 0 Å². The summed E-state index contributed by atoms with van der Waals surface area (Å²) in [4.78, 5) is 22.2. The maximum Gasteiger partial charge on any atom is 0.321 e. The van der Waals surface area contributed by atoms with Gasteiger partial charge in [0.1, 0.15) is 0 Å². The average molecular weight is 351 g/mol. The number of hydrogen-bond donors (Lipinski definition) is 0. The fraction of sp³-hybridized carbons (Fsp3) is 0.818. The normalized spacial score (nSPS) is 17.6. The number of carbonyl (C=O) groups is 2. The summed E-state index contributed by atoms with van der Waals surface area (Å²) in [5.41, 5.74) is 0. The smallest absolute Gasteiger partial charge is 0.321 e. The summed E-state index contributed by atoms with van der Waals surface area (Å²) in [6.45, 7) is 2.27. The zero-order chi connectivity index (χ0) is 18.2. The lowest BCUT2D eigenvalue weighted by atomic mass is 10.0. The Morgan fingerprint density at radius 1 is 0.800 bits per heavy atom. The fourth-order valence-corrected chi connectivity index (χ4v) is 3.36. The van der Waals surface area contributed by atoms with E-state index >= 15 is 0 Å². The maximum absolute atomic E-state index is 11.3. The van der Waals surface area contributed by atoms with Gasteiger partial charge in [0.15, 0.2) is 0 Å². The van der Waals surface area contributed by atoms with Crippen LogP contribution in [0.5, 0.6) is 0 Å². The molecule has 0 saturated carbocycles. The molecular formula is C22H38O3. The summed E-state index contributed by atoms with van der Waals surface area (Å²) in [6, 6.07) is 0. The molecular weight excluding hydrogens is 312 g/mol. The number of esters is 2. The van der Waals surface area contributed by atoms with E-state index in [1.54, 1.807) is 0 Å². The van der Waals surface area contributed by atoms with Gasteiger partial charge in [-0.25, -0.2) is 0 Å². The molecule has 1 atom stereocenters. The monoisotopic (exact) mass is 350 g/mol. The molecule has 0 amide bonds. The Hall–Kier alpha value is -1.12. The molecule has 1 aliphatic heterocycles. The molecule has 3 nitrogen and oxygen atoms in total. The van der Waals surface area contributed by atoms with Crippen LogP contribution in [0.25, 0.3) is 0 Å². The van der Waals surface area contributed by atoms with Crippen LogP contribution in [0.15, 0.2) is 12.2 Å². The first-order valence-corrected chi connectivity index (χ1v) is 10.6. The summed E-state index contributed by atoms with van der Waals surface area (Å²) in [7, 11) is 0. The fourth-order valence-electron chi connectivity index (χ4n) is 3.36. The molecule has 1 fully saturated rings. The van der Waals surface area contributed by atoms with Crippen LogP contribution in [-0.2, 0) is 14.3 Å². The highest BCUT2D eigenvalue weighted by molar-refractivity contribution is 5.95. The van der Waals surface area contributed by atoms with Crippen molar-refractivity contribution in [1.29, 1.82) is 0 Å². The van der Waals surface area contributed by atoms with Crippen molar-refractivity contribution in [3.63, 3.8) is 0 Å². The third-order valence-corrected chi connectivity index (χ3v) is 5.00. The molecule has 1 saturated heterocycles. The van der Waals surface area contributed by atoms with Crippen LogP contribution >= 0.6 is 0 Å². The van der Waals surface area contributed by atoms with Gasteiger partial charge in [-0.1, -0.05) is 103 Å². The van der Waals surface area contributed by atoms with Crippen LogP contribution in [-0.4, -0.2) is 11.9 Å². The number of rotatable bonds is 16. The molecule has 0 aromatic heterocycles. The maximum atomic E-state index is 11.3. The van der Waals surface area contributed by atoms with Crippen LogP contribution in [0.2, 0.25) is 0 Å². The highest BCUT2D eigenvalue weighted by atomic mass is 16.6. The molecule has 0 radical (unpaired) electrons. The first kappa shape index (κ1) is 21.9. The van der Waals surface area contributed by atoms with E-state index in [2.05, 4.69) is 11.7 Å². The largest absolute Gasteiger partial charge is 0.393 e. The summed E-state index contributed by atoms with van der Waals surface area (Å²) >= 11 is 0. The molecule has 3 heteroatoms. The number of carbonyl (C=O) groups excluding carboxylic acids is 2. The van der Waals surface area contributed by atoms with Crippen molar-refractivity contribution in [2.24, 2.45) is 5.92 Å². The second kappa shape index (κ2) is 15.2. The second-order valence-corrected chi connectivity index (χ2v) is 7.42. The number of unbranched alkanes of at least 4 members (excludes halogenated alkanes) is 14. The summed E-state index contributed by atoms with van der Waals surface area (Å²) in [6.07, 6.45) is 24.2. The van der Waals surface area contributed by atoms with Gasteiger partial charge in [0.05, 0.1) is 12.3 Å². The van der Waals surface area contributed by atoms with E-state index in [-0.39, 0.29) is 18.3 Å². The standard InChI is InChI=1S/C22H38O3/c1-2-3-4-5-6-7-8-9-10-11-12-13-14-15-16-17-18-20-19-21(23)25-22(20)24/h17-18,20H,2-16,19H2,1H3/b18-17+/t20-/m0/s1. The minimum atomic E-state index is -0.392. The van der Waals surface area contributed by atoms with E-state index in [4.69, 9.17) is 0 Å². The summed E-state index contributed by atoms with van der Waals surface area (Å²) < 4.78 is 4.52. The molecule has 1 heterocycles. The van der Waals surface area contributed by atoms with E-state index in [0.29, 0.717) is 0 Å². The first-order valence-electron chi connectivity index (χ1n) is 10.6. The van der Waals surface area contributed by atoms with Crippen molar-refractivity contribution in [2.75, 3.05) is 0 Å². The van der Waals surface area contributed by atoms with E-state index in [1.165, 1.54) is 89.9 Å². The third kappa shape index (κ3) is 12.0. The Labute approximate surface area is 154 Å². The molecule has 0 N–H and O–H groups in total. The minimum absolute atomic E-state index is 0.216. The molecule has 25 heavy (non-hydrogen) atoms. The molecule has 0 spiro atoms. The molecule has 0 bridgehead atoms. The molecule has 1 aliphatic rings. The van der Waals surface area contributed by atoms with Gasteiger partial charge >= 0.3 is 11.9 Å². The van der Waals surface area contributed by atoms with Crippen LogP contribution in [0.4, 0.5) is 0 Å². The van der Waals surface area contributed by atoms with E-state index < -0.39 is 5.97 Å². The number of cyclic esters (lactones) is 2. The Bertz CT molecular complexity index is 387. The quantitative estimate of drug-likeness (QED) is 0.138. The van der Waals surface area contributed by atoms with Gasteiger partial charge in [0, 0.05) is 0 Å². The molecule has 144 valence electrons. The molecule has 1 rings (SSSR count). The van der Waals surface area contributed by atoms with Gasteiger partial charge in [-0.3, -0.25) is 9.59 Å². The lowest BCUT2D eigenvalue weighted by Crippen LogP contribution is -2.03. The van der Waals surface area contributed by atoms with Crippen LogP contribution in [0, 0.1) is 5.92 Å². The van der Waals surface area contributed by atoms with E-state index in [1.807, 2.05) is 12.2 Å². The van der Waals surface area contributed by atoms with Gasteiger partial charge in [-0.15, -0.1) is 0 Å². The number of ether oxygens (including phenoxy) is 1. The number of allylic oxidation sites excluding steroid dienone is 1. The number of hydrogen-bond acceptors (Lipinski definition) is 3. The molecule has 0 aromatic rings. The van der Waals surface area contributed by atoms with Crippen molar-refractivity contribution < 1.29 is 14.3 Å². The van der Waals surface area contributed by atoms with Crippen LogP contribution < -0.4 is 0 Å². The van der Waals surface area contributed by atoms with Crippen molar-refractivity contribution in [2.45, 2.75) is 110 Å². The first-order chi connectivity index (χ1) is 12.2. The third-order valence-electron chi connectivity index (χ3n) is 5.00. The Morgan fingerprint density at radius 3 is 1.72 bits per heavy atom. The molecule has 0 aliphatic carbocycles. The van der Waals surface area contributed by atoms with Gasteiger partial charge in [-0.2, -0.15) is 0 Å². The Kier molecular flexibility index (Phi) is 13.3. The molecule has 0 aromatic carbocycles. The van der Waals surface area contributed by atoms with Crippen molar-refractivity contribution in [3.05, 3.63) is 12.2 Å². The average Bonchev–Trinajstić information content (AvgIpc) is 2.92. The van der Waals surface area contributed by atoms with E-state index in [0.717, 1.165) is 6.42 Å². The topological polar surface area (TPSA) is 43.4 Å². The summed E-state index contributed by atoms with van der Waals surface area (Å²) in [5.74, 6) is -1.11. The Balaban J connectivity index is 1.77. The van der Waals surface area contributed by atoms with Gasteiger partial charge in [0.25, 0.3) is 0 Å². The van der Waals surface area contributed by atoms with Gasteiger partial charge in [0.2, 0.25) is 0 Å². The molecule has 0 unspecified atom stereocenters. The highest BCUT2D eigenvalue weighted by Gasteiger charge is 2.30. The van der Waals surface area contributed by atoms with Gasteiger partial charge < -0.3 is 4.74 Å². The van der Waals surface area contributed by atoms with Crippen LogP contribution in [0.1, 0.15) is 110 Å². The highest BCUT2D eigenvalue weighted by Crippen LogP contribution is 2.18. The van der Waals surface area contributed by atoms with Gasteiger partial charge in [-0.05, 0) is 12.8 Å². The van der Waals surface area contributed by atoms with Crippen molar-refractivity contribution in [3.8, 4) is 0 Å². The second-order valence-electron chi connectivity index (χ2n) is 7.42. The zero-order valence-corrected chi connectivity index (χ0v) is 16.3. The predicted molar refractivity (Wildman–Crippen MR) is 103 cm³/mol. The zero-order valence-electron chi connectivity index (χ0n) is 16.3. The summed E-state index contributed by atoms with van der Waals surface area (Å²) in [5, 5.41) is 0. The predicted octanol–water partition coefficient (Wildman–Crippen LogP) is 6.50. The lowest BCUT2D eigenvalue weighted by Gasteiger charge is -2.03. The van der Waals surface area contributed by atoms with Crippen molar-refractivity contribution >= 4 is 11.9 Å². The SMILES string of the molecule is CCCCCCCCCCCCCCCC/C=C/[C@H]1CC(=O)OC1=O. The van der Waals surface area contributed by atoms with E-state index in [9.17, 15) is 9.59 Å². The lowest BCUT2D eigenvalue weighted by molar-refractivity contribution is -0.152. The Morgan fingerprint density at radius 2 is 1.28 bits per heavy atom.